The van der Waals surface area contributed by atoms with Gasteiger partial charge in [-0.05, 0) is 12.8 Å². The molecule has 0 unspecified atom stereocenters. The fraction of sp³-hybridized carbons (Fsp3) is 0.625. The average Bonchev–Trinajstić information content (AvgIpc) is 2.34. The molecule has 0 aliphatic heterocycles. The Kier molecular flexibility index (Phi) is 2.17. The minimum atomic E-state index is 0.354. The van der Waals surface area contributed by atoms with Crippen LogP contribution in [-0.4, -0.2) is 23.0 Å². The Morgan fingerprint density at radius 3 is 2.85 bits per heavy atom. The number of ether oxygens (including phenoxy) is 1. The number of halogens is 1. The predicted molar refractivity (Wildman–Crippen MR) is 50.7 cm³/mol. The first-order valence-corrected chi connectivity index (χ1v) is 4.61. The molecule has 1 heterocycles. The van der Waals surface area contributed by atoms with Crippen molar-refractivity contribution >= 4 is 17.4 Å². The van der Waals surface area contributed by atoms with Crippen LogP contribution < -0.4 is 5.73 Å². The van der Waals surface area contributed by atoms with Crippen LogP contribution in [0.25, 0.3) is 0 Å². The second kappa shape index (κ2) is 3.20. The third-order valence-electron chi connectivity index (χ3n) is 2.54. The monoisotopic (exact) mass is 201 g/mol. The van der Waals surface area contributed by atoms with Crippen LogP contribution in [-0.2, 0) is 4.74 Å². The maximum atomic E-state index is 5.79. The largest absolute Gasteiger partial charge is 0.383 e. The van der Waals surface area contributed by atoms with Crippen LogP contribution in [0.2, 0.25) is 5.02 Å². The molecular weight excluding hydrogens is 190 g/mol. The maximum Gasteiger partial charge on any atom is 0.140 e. The second-order valence-electron chi connectivity index (χ2n) is 3.31. The lowest BCUT2D eigenvalue weighted by atomic mass is 9.89. The summed E-state index contributed by atoms with van der Waals surface area (Å²) in [6.45, 7) is 0. The Labute approximate surface area is 81.6 Å². The summed E-state index contributed by atoms with van der Waals surface area (Å²) in [4.78, 5) is 0. The summed E-state index contributed by atoms with van der Waals surface area (Å²) in [5.74, 6) is 0.557. The van der Waals surface area contributed by atoms with E-state index in [9.17, 15) is 0 Å². The van der Waals surface area contributed by atoms with Crippen molar-refractivity contribution < 1.29 is 4.74 Å². The van der Waals surface area contributed by atoms with Crippen molar-refractivity contribution in [2.24, 2.45) is 0 Å². The first-order chi connectivity index (χ1) is 6.22. The lowest BCUT2D eigenvalue weighted by Crippen LogP contribution is -2.33. The van der Waals surface area contributed by atoms with Gasteiger partial charge in [-0.3, -0.25) is 0 Å². The van der Waals surface area contributed by atoms with Crippen molar-refractivity contribution in [3.63, 3.8) is 0 Å². The summed E-state index contributed by atoms with van der Waals surface area (Å²) >= 11 is 5.79. The Morgan fingerprint density at radius 1 is 1.69 bits per heavy atom. The number of hydrogen-bond donors (Lipinski definition) is 1. The fourth-order valence-corrected chi connectivity index (χ4v) is 1.70. The normalized spacial score (nSPS) is 27.2. The molecule has 5 heteroatoms. The lowest BCUT2D eigenvalue weighted by molar-refractivity contribution is 0.00322. The standard InChI is InChI=1S/C8H12ClN3O/c1-13-6-2-5(3-6)12-8(10)7(9)4-11-12/h4-6H,2-3,10H2,1H3. The molecule has 0 aromatic carbocycles. The molecule has 1 aromatic heterocycles. The van der Waals surface area contributed by atoms with E-state index >= 15 is 0 Å². The van der Waals surface area contributed by atoms with Gasteiger partial charge < -0.3 is 10.5 Å². The number of methoxy groups -OCH3 is 1. The van der Waals surface area contributed by atoms with E-state index in [2.05, 4.69) is 5.10 Å². The van der Waals surface area contributed by atoms with E-state index in [-0.39, 0.29) is 0 Å². The predicted octanol–water partition coefficient (Wildman–Crippen LogP) is 1.47. The van der Waals surface area contributed by atoms with Crippen molar-refractivity contribution in [1.29, 1.82) is 0 Å². The number of aromatic nitrogens is 2. The fourth-order valence-electron chi connectivity index (χ4n) is 1.57. The van der Waals surface area contributed by atoms with Crippen molar-refractivity contribution in [3.8, 4) is 0 Å². The van der Waals surface area contributed by atoms with Crippen molar-refractivity contribution in [2.45, 2.75) is 25.0 Å². The third-order valence-corrected chi connectivity index (χ3v) is 2.83. The topological polar surface area (TPSA) is 53.1 Å². The molecule has 1 aliphatic rings. The van der Waals surface area contributed by atoms with E-state index in [4.69, 9.17) is 22.1 Å². The minimum Gasteiger partial charge on any atom is -0.383 e. The molecule has 2 rings (SSSR count). The van der Waals surface area contributed by atoms with E-state index < -0.39 is 0 Å². The summed E-state index contributed by atoms with van der Waals surface area (Å²) in [7, 11) is 1.72. The van der Waals surface area contributed by atoms with Gasteiger partial charge in [0.2, 0.25) is 0 Å². The molecule has 0 saturated heterocycles. The Hall–Kier alpha value is -0.740. The van der Waals surface area contributed by atoms with Gasteiger partial charge in [0.1, 0.15) is 10.8 Å². The van der Waals surface area contributed by atoms with Crippen LogP contribution in [0.4, 0.5) is 5.82 Å². The van der Waals surface area contributed by atoms with Gasteiger partial charge in [-0.15, -0.1) is 0 Å². The number of hydrogen-bond acceptors (Lipinski definition) is 3. The van der Waals surface area contributed by atoms with Gasteiger partial charge in [0.25, 0.3) is 0 Å². The zero-order chi connectivity index (χ0) is 9.42. The molecule has 0 amide bonds. The molecule has 0 radical (unpaired) electrons. The molecule has 13 heavy (non-hydrogen) atoms. The molecule has 0 atom stereocenters. The quantitative estimate of drug-likeness (QED) is 0.789. The number of nitrogens with two attached hydrogens (primary N) is 1. The maximum absolute atomic E-state index is 5.79. The van der Waals surface area contributed by atoms with E-state index in [1.54, 1.807) is 18.0 Å². The SMILES string of the molecule is COC1CC(n2ncc(Cl)c2N)C1. The molecule has 1 fully saturated rings. The summed E-state index contributed by atoms with van der Waals surface area (Å²) in [6.07, 6.45) is 3.88. The van der Waals surface area contributed by atoms with Crippen LogP contribution >= 0.6 is 11.6 Å². The highest BCUT2D eigenvalue weighted by molar-refractivity contribution is 6.32. The zero-order valence-corrected chi connectivity index (χ0v) is 8.16. The van der Waals surface area contributed by atoms with Crippen molar-refractivity contribution in [1.82, 2.24) is 9.78 Å². The van der Waals surface area contributed by atoms with Gasteiger partial charge in [-0.25, -0.2) is 4.68 Å². The van der Waals surface area contributed by atoms with E-state index in [0.717, 1.165) is 12.8 Å². The van der Waals surface area contributed by atoms with Gasteiger partial charge in [0.15, 0.2) is 0 Å². The zero-order valence-electron chi connectivity index (χ0n) is 7.40. The molecule has 4 nitrogen and oxygen atoms in total. The highest BCUT2D eigenvalue weighted by Crippen LogP contribution is 2.36. The van der Waals surface area contributed by atoms with Crippen LogP contribution in [0.3, 0.4) is 0 Å². The Balaban J connectivity index is 2.07. The molecular formula is C8H12ClN3O. The highest BCUT2D eigenvalue weighted by Gasteiger charge is 2.32. The second-order valence-corrected chi connectivity index (χ2v) is 3.71. The van der Waals surface area contributed by atoms with Gasteiger partial charge in [-0.2, -0.15) is 5.10 Å². The Morgan fingerprint density at radius 2 is 2.38 bits per heavy atom. The van der Waals surface area contributed by atoms with Crippen LogP contribution in [0.5, 0.6) is 0 Å². The average molecular weight is 202 g/mol. The van der Waals surface area contributed by atoms with E-state index in [0.29, 0.717) is 23.0 Å². The highest BCUT2D eigenvalue weighted by atomic mass is 35.5. The van der Waals surface area contributed by atoms with Gasteiger partial charge in [0, 0.05) is 7.11 Å². The third kappa shape index (κ3) is 1.40. The summed E-state index contributed by atoms with van der Waals surface area (Å²) in [6, 6.07) is 0.359. The first-order valence-electron chi connectivity index (χ1n) is 4.23. The molecule has 72 valence electrons. The van der Waals surface area contributed by atoms with Crippen molar-refractivity contribution in [2.75, 3.05) is 12.8 Å². The summed E-state index contributed by atoms with van der Waals surface area (Å²) < 4.78 is 6.95. The number of rotatable bonds is 2. The number of anilines is 1. The van der Waals surface area contributed by atoms with Crippen molar-refractivity contribution in [3.05, 3.63) is 11.2 Å². The molecule has 2 N–H and O–H groups in total. The van der Waals surface area contributed by atoms with Crippen LogP contribution in [0.15, 0.2) is 6.20 Å². The summed E-state index contributed by atoms with van der Waals surface area (Å²) in [5, 5.41) is 4.64. The smallest absolute Gasteiger partial charge is 0.140 e. The van der Waals surface area contributed by atoms with E-state index in [1.165, 1.54) is 0 Å². The van der Waals surface area contributed by atoms with E-state index in [1.807, 2.05) is 0 Å². The van der Waals surface area contributed by atoms with Gasteiger partial charge in [-0.1, -0.05) is 11.6 Å². The van der Waals surface area contributed by atoms with Crippen LogP contribution in [0, 0.1) is 0 Å². The summed E-state index contributed by atoms with van der Waals surface area (Å²) in [5.41, 5.74) is 5.73. The molecule has 1 aromatic rings. The minimum absolute atomic E-state index is 0.354. The van der Waals surface area contributed by atoms with Gasteiger partial charge >= 0.3 is 0 Å². The number of nitrogens with zero attached hydrogens (tertiary/aromatic N) is 2. The molecule has 1 saturated carbocycles. The van der Waals surface area contributed by atoms with Gasteiger partial charge in [0.05, 0.1) is 18.3 Å². The molecule has 1 aliphatic carbocycles. The first kappa shape index (κ1) is 8.84. The Bertz CT molecular complexity index is 306. The molecule has 0 bridgehead atoms. The molecule has 0 spiro atoms. The number of nitrogen functional groups attached to an aromatic ring is 1. The lowest BCUT2D eigenvalue weighted by Gasteiger charge is -2.34. The van der Waals surface area contributed by atoms with Crippen LogP contribution in [0.1, 0.15) is 18.9 Å².